The number of terminal acetylenes is 1. The van der Waals surface area contributed by atoms with E-state index >= 15 is 0 Å². The quantitative estimate of drug-likeness (QED) is 0.578. The summed E-state index contributed by atoms with van der Waals surface area (Å²) in [6.45, 7) is 8.50. The van der Waals surface area contributed by atoms with Crippen molar-refractivity contribution in [1.29, 1.82) is 0 Å². The molecule has 2 aliphatic rings. The number of likely N-dealkylation sites (N-methyl/N-ethyl adjacent to an activating group) is 1. The van der Waals surface area contributed by atoms with Crippen LogP contribution in [0.25, 0.3) is 11.6 Å². The molecule has 3 rings (SSSR count). The highest BCUT2D eigenvalue weighted by molar-refractivity contribution is 8.18. The first-order valence-electron chi connectivity index (χ1n) is 8.43. The Bertz CT molecular complexity index is 919. The number of aryl methyl sites for hydroxylation is 1. The van der Waals surface area contributed by atoms with Gasteiger partial charge < -0.3 is 4.90 Å². The van der Waals surface area contributed by atoms with E-state index in [1.165, 1.54) is 11.3 Å². The summed E-state index contributed by atoms with van der Waals surface area (Å²) in [6, 6.07) is 4.24. The number of amides is 2. The molecule has 2 heterocycles. The van der Waals surface area contributed by atoms with Crippen LogP contribution in [0.3, 0.4) is 0 Å². The van der Waals surface area contributed by atoms with Crippen LogP contribution >= 0.6 is 11.8 Å². The molecule has 26 heavy (non-hydrogen) atoms. The first kappa shape index (κ1) is 18.3. The Labute approximate surface area is 158 Å². The van der Waals surface area contributed by atoms with E-state index in [9.17, 15) is 9.59 Å². The molecular weight excluding hydrogens is 344 g/mol. The molecule has 0 atom stereocenters. The van der Waals surface area contributed by atoms with Crippen LogP contribution < -0.4 is 4.90 Å². The van der Waals surface area contributed by atoms with Crippen LogP contribution in [0.4, 0.5) is 10.5 Å². The summed E-state index contributed by atoms with van der Waals surface area (Å²) in [5.41, 5.74) is 5.47. The van der Waals surface area contributed by atoms with Crippen molar-refractivity contribution < 1.29 is 9.59 Å². The molecule has 0 unspecified atom stereocenters. The maximum absolute atomic E-state index is 12.4. The molecule has 0 aromatic heterocycles. The minimum Gasteiger partial charge on any atom is -0.365 e. The number of carbonyl (C=O) groups excluding carboxylic acids is 2. The molecule has 134 valence electrons. The lowest BCUT2D eigenvalue weighted by atomic mass is 9.87. The summed E-state index contributed by atoms with van der Waals surface area (Å²) in [7, 11) is 2.09. The van der Waals surface area contributed by atoms with E-state index in [0.717, 1.165) is 33.4 Å². The van der Waals surface area contributed by atoms with E-state index in [4.69, 9.17) is 6.42 Å². The highest BCUT2D eigenvalue weighted by atomic mass is 32.2. The zero-order valence-corrected chi connectivity index (χ0v) is 16.5. The Kier molecular flexibility index (Phi) is 4.49. The molecule has 2 aliphatic heterocycles. The zero-order chi connectivity index (χ0) is 19.2. The number of rotatable bonds is 2. The lowest BCUT2D eigenvalue weighted by Crippen LogP contribution is -2.42. The van der Waals surface area contributed by atoms with Gasteiger partial charge in [-0.05, 0) is 74.4 Å². The van der Waals surface area contributed by atoms with Gasteiger partial charge in [0.25, 0.3) is 11.1 Å². The van der Waals surface area contributed by atoms with E-state index in [1.54, 1.807) is 6.08 Å². The molecule has 1 aromatic carbocycles. The van der Waals surface area contributed by atoms with Gasteiger partial charge in [-0.3, -0.25) is 14.5 Å². The molecule has 1 saturated heterocycles. The average molecular weight is 366 g/mol. The van der Waals surface area contributed by atoms with Gasteiger partial charge in [0.05, 0.1) is 17.0 Å². The van der Waals surface area contributed by atoms with Crippen LogP contribution in [0.15, 0.2) is 23.1 Å². The number of nitrogens with zero attached hydrogens (tertiary/aromatic N) is 2. The summed E-state index contributed by atoms with van der Waals surface area (Å²) in [5.74, 6) is 2.04. The predicted molar refractivity (Wildman–Crippen MR) is 109 cm³/mol. The fourth-order valence-corrected chi connectivity index (χ4v) is 4.17. The van der Waals surface area contributed by atoms with Crippen molar-refractivity contribution >= 4 is 40.2 Å². The van der Waals surface area contributed by atoms with Gasteiger partial charge in [-0.2, -0.15) is 0 Å². The van der Waals surface area contributed by atoms with Crippen molar-refractivity contribution in [3.8, 4) is 12.3 Å². The van der Waals surface area contributed by atoms with Crippen molar-refractivity contribution in [3.05, 3.63) is 39.8 Å². The maximum Gasteiger partial charge on any atom is 0.294 e. The Morgan fingerprint density at radius 1 is 1.27 bits per heavy atom. The third-order valence-corrected chi connectivity index (χ3v) is 5.92. The predicted octanol–water partition coefficient (Wildman–Crippen LogP) is 4.30. The Hall–Kier alpha value is -2.45. The lowest BCUT2D eigenvalue weighted by Gasteiger charge is -2.41. The minimum atomic E-state index is -0.319. The monoisotopic (exact) mass is 366 g/mol. The fraction of sp³-hybridized carbons (Fsp3) is 0.333. The summed E-state index contributed by atoms with van der Waals surface area (Å²) in [6.07, 6.45) is 9.29. The van der Waals surface area contributed by atoms with E-state index in [0.29, 0.717) is 4.91 Å². The highest BCUT2D eigenvalue weighted by Crippen LogP contribution is 2.40. The first-order valence-corrected chi connectivity index (χ1v) is 9.24. The van der Waals surface area contributed by atoms with Gasteiger partial charge in [0.2, 0.25) is 0 Å². The normalized spacial score (nSPS) is 20.3. The Morgan fingerprint density at radius 2 is 1.96 bits per heavy atom. The Balaban J connectivity index is 2.05. The third kappa shape index (κ3) is 2.95. The molecular formula is C21H22N2O2S. The van der Waals surface area contributed by atoms with Crippen LogP contribution in [0.2, 0.25) is 0 Å². The standard InChI is InChI=1S/C21H22N2O2S/c1-7-8-23-19(24)18(26-20(23)25)11-15-10-16-14(3)12-21(4,5)22(6)17(16)9-13(15)2/h1,9-12H,8H2,2-6H3/b18-11-. The number of thioether (sulfide) groups is 1. The van der Waals surface area contributed by atoms with E-state index in [1.807, 2.05) is 6.92 Å². The van der Waals surface area contributed by atoms with Crippen molar-refractivity contribution in [2.45, 2.75) is 33.2 Å². The lowest BCUT2D eigenvalue weighted by molar-refractivity contribution is -0.122. The molecule has 0 bridgehead atoms. The third-order valence-electron chi connectivity index (χ3n) is 5.01. The molecule has 1 fully saturated rings. The van der Waals surface area contributed by atoms with Crippen molar-refractivity contribution in [2.24, 2.45) is 0 Å². The number of benzene rings is 1. The number of imide groups is 1. The second-order valence-corrected chi connectivity index (χ2v) is 8.23. The van der Waals surface area contributed by atoms with E-state index < -0.39 is 0 Å². The second-order valence-electron chi connectivity index (χ2n) is 7.24. The van der Waals surface area contributed by atoms with E-state index in [-0.39, 0.29) is 23.2 Å². The number of hydrogen-bond acceptors (Lipinski definition) is 4. The molecule has 1 aromatic rings. The average Bonchev–Trinajstić information content (AvgIpc) is 2.82. The summed E-state index contributed by atoms with van der Waals surface area (Å²) in [4.78, 5) is 28.2. The van der Waals surface area contributed by atoms with Gasteiger partial charge >= 0.3 is 0 Å². The van der Waals surface area contributed by atoms with Crippen molar-refractivity contribution in [3.63, 3.8) is 0 Å². The maximum atomic E-state index is 12.4. The number of anilines is 1. The smallest absolute Gasteiger partial charge is 0.294 e. The molecule has 5 heteroatoms. The van der Waals surface area contributed by atoms with Crippen LogP contribution in [0.1, 0.15) is 37.5 Å². The molecule has 0 radical (unpaired) electrons. The van der Waals surface area contributed by atoms with Gasteiger partial charge in [0, 0.05) is 18.3 Å². The van der Waals surface area contributed by atoms with Gasteiger partial charge in [-0.15, -0.1) is 6.42 Å². The summed E-state index contributed by atoms with van der Waals surface area (Å²) >= 11 is 0.942. The number of hydrogen-bond donors (Lipinski definition) is 0. The van der Waals surface area contributed by atoms with Gasteiger partial charge in [0.1, 0.15) is 0 Å². The molecule has 0 saturated carbocycles. The van der Waals surface area contributed by atoms with Crippen molar-refractivity contribution in [2.75, 3.05) is 18.5 Å². The first-order chi connectivity index (χ1) is 12.2. The van der Waals surface area contributed by atoms with Gasteiger partial charge in [-0.1, -0.05) is 12.0 Å². The van der Waals surface area contributed by atoms with E-state index in [2.05, 4.69) is 56.8 Å². The number of fused-ring (bicyclic) bond motifs is 1. The summed E-state index contributed by atoms with van der Waals surface area (Å²) in [5, 5.41) is -0.313. The van der Waals surface area contributed by atoms with Crippen LogP contribution in [0.5, 0.6) is 0 Å². The van der Waals surface area contributed by atoms with Crippen LogP contribution in [0, 0.1) is 19.3 Å². The topological polar surface area (TPSA) is 40.6 Å². The number of allylic oxidation sites excluding steroid dienone is 1. The highest BCUT2D eigenvalue weighted by Gasteiger charge is 2.35. The fourth-order valence-electron chi connectivity index (χ4n) is 3.34. The second kappa shape index (κ2) is 6.37. The number of carbonyl (C=O) groups is 2. The molecule has 2 amide bonds. The van der Waals surface area contributed by atoms with Gasteiger partial charge in [0.15, 0.2) is 0 Å². The molecule has 0 N–H and O–H groups in total. The van der Waals surface area contributed by atoms with Crippen LogP contribution in [-0.2, 0) is 4.79 Å². The molecule has 4 nitrogen and oxygen atoms in total. The largest absolute Gasteiger partial charge is 0.365 e. The summed E-state index contributed by atoms with van der Waals surface area (Å²) < 4.78 is 0. The SMILES string of the molecule is C#CCN1C(=O)S/C(=C\c2cc3c(cc2C)N(C)C(C)(C)C=C3C)C1=O. The minimum absolute atomic E-state index is 0.00685. The van der Waals surface area contributed by atoms with Crippen molar-refractivity contribution in [1.82, 2.24) is 4.90 Å². The van der Waals surface area contributed by atoms with Gasteiger partial charge in [-0.25, -0.2) is 0 Å². The zero-order valence-electron chi connectivity index (χ0n) is 15.7. The molecule has 0 aliphatic carbocycles. The Morgan fingerprint density at radius 3 is 2.62 bits per heavy atom. The van der Waals surface area contributed by atoms with Crippen LogP contribution in [-0.4, -0.2) is 35.2 Å². The molecule has 0 spiro atoms.